The van der Waals surface area contributed by atoms with Crippen molar-refractivity contribution in [3.05, 3.63) is 103 Å². The van der Waals surface area contributed by atoms with E-state index in [0.29, 0.717) is 6.61 Å². The Balaban J connectivity index is 0.000000293. The molecular formula is C36H48IO4P. The van der Waals surface area contributed by atoms with Crippen molar-refractivity contribution >= 4 is 23.2 Å². The van der Waals surface area contributed by atoms with Crippen LogP contribution in [-0.4, -0.2) is 43.2 Å². The molecule has 6 heteroatoms. The fourth-order valence-electron chi connectivity index (χ4n) is 5.54. The van der Waals surface area contributed by atoms with Gasteiger partial charge in [-0.2, -0.15) is 0 Å². The van der Waals surface area contributed by atoms with Crippen LogP contribution in [0.3, 0.4) is 0 Å². The molecule has 0 bridgehead atoms. The minimum atomic E-state index is -1.78. The van der Waals surface area contributed by atoms with Gasteiger partial charge in [-0.05, 0) is 76.9 Å². The quantitative estimate of drug-likeness (QED) is 0.178. The van der Waals surface area contributed by atoms with E-state index < -0.39 is 13.0 Å². The van der Waals surface area contributed by atoms with Gasteiger partial charge in [-0.1, -0.05) is 80.1 Å². The van der Waals surface area contributed by atoms with Gasteiger partial charge in [0.2, 0.25) is 0 Å². The Morgan fingerprint density at radius 2 is 1.10 bits per heavy atom. The molecule has 2 atom stereocenters. The van der Waals surface area contributed by atoms with Crippen molar-refractivity contribution < 1.29 is 42.9 Å². The lowest BCUT2D eigenvalue weighted by molar-refractivity contribution is -0.138. The van der Waals surface area contributed by atoms with E-state index in [1.165, 1.54) is 22.3 Å². The first kappa shape index (κ1) is 34.9. The lowest BCUT2D eigenvalue weighted by atomic mass is 10.2. The fourth-order valence-corrected chi connectivity index (χ4v) is 9.92. The van der Waals surface area contributed by atoms with Gasteiger partial charge >= 0.3 is 0 Å². The van der Waals surface area contributed by atoms with Crippen LogP contribution in [-0.2, 0) is 18.9 Å². The summed E-state index contributed by atoms with van der Waals surface area (Å²) >= 11 is 0. The topological polar surface area (TPSA) is 36.9 Å². The Labute approximate surface area is 271 Å². The molecule has 3 aromatic rings. The molecule has 4 nitrogen and oxygen atoms in total. The van der Waals surface area contributed by atoms with Crippen molar-refractivity contribution in [2.24, 2.45) is 0 Å². The van der Waals surface area contributed by atoms with Crippen LogP contribution in [0.15, 0.2) is 103 Å². The second-order valence-corrected chi connectivity index (χ2v) is 15.3. The van der Waals surface area contributed by atoms with Crippen LogP contribution >= 0.6 is 7.26 Å². The number of halogens is 1. The van der Waals surface area contributed by atoms with Crippen LogP contribution in [0.5, 0.6) is 0 Å². The molecule has 0 spiro atoms. The molecule has 3 aromatic carbocycles. The van der Waals surface area contributed by atoms with Crippen LogP contribution < -0.4 is 39.9 Å². The molecule has 0 aromatic heterocycles. The molecule has 2 aliphatic rings. The Kier molecular flexibility index (Phi) is 13.7. The molecule has 0 N–H and O–H groups in total. The summed E-state index contributed by atoms with van der Waals surface area (Å²) < 4.78 is 23.1. The SMILES string of the molecule is CC1(C)OC[C@H](CC[P+](c2ccccc2)(c2ccccc2)c2ccccc2)O1.CCC/C=C\C[C@H]1COC(C)(C)O1.[I-]. The second kappa shape index (κ2) is 16.5. The van der Waals surface area contributed by atoms with Crippen LogP contribution in [0.25, 0.3) is 0 Å². The summed E-state index contributed by atoms with van der Waals surface area (Å²) in [5, 5.41) is 4.27. The highest BCUT2D eigenvalue weighted by Gasteiger charge is 2.46. The molecule has 2 fully saturated rings. The maximum absolute atomic E-state index is 6.15. The molecule has 5 rings (SSSR count). The molecule has 42 heavy (non-hydrogen) atoms. The number of hydrogen-bond acceptors (Lipinski definition) is 4. The summed E-state index contributed by atoms with van der Waals surface area (Å²) in [5.74, 6) is -0.846. The van der Waals surface area contributed by atoms with Crippen LogP contribution in [0.4, 0.5) is 0 Å². The Morgan fingerprint density at radius 1 is 0.667 bits per heavy atom. The summed E-state index contributed by atoms with van der Waals surface area (Å²) in [6.07, 6.45) is 10.2. The third-order valence-corrected chi connectivity index (χ3v) is 12.0. The van der Waals surface area contributed by atoms with Gasteiger partial charge in [-0.3, -0.25) is 0 Å². The van der Waals surface area contributed by atoms with Gasteiger partial charge < -0.3 is 42.9 Å². The van der Waals surface area contributed by atoms with Crippen LogP contribution in [0.1, 0.15) is 60.3 Å². The van der Waals surface area contributed by atoms with Gasteiger partial charge in [0.1, 0.15) is 23.2 Å². The molecule has 0 radical (unpaired) electrons. The van der Waals surface area contributed by atoms with Crippen molar-refractivity contribution in [3.8, 4) is 0 Å². The lowest BCUT2D eigenvalue weighted by Crippen LogP contribution is -3.00. The van der Waals surface area contributed by atoms with E-state index in [1.54, 1.807) is 0 Å². The highest BCUT2D eigenvalue weighted by Crippen LogP contribution is 2.56. The summed E-state index contributed by atoms with van der Waals surface area (Å²) in [7, 11) is -1.78. The minimum Gasteiger partial charge on any atom is -1.00 e. The van der Waals surface area contributed by atoms with E-state index in [9.17, 15) is 0 Å². The first-order valence-corrected chi connectivity index (χ1v) is 17.0. The second-order valence-electron chi connectivity index (χ2n) is 11.7. The van der Waals surface area contributed by atoms with Gasteiger partial charge in [0, 0.05) is 6.42 Å². The highest BCUT2D eigenvalue weighted by molar-refractivity contribution is 7.95. The third kappa shape index (κ3) is 9.70. The van der Waals surface area contributed by atoms with Gasteiger partial charge in [0.05, 0.1) is 31.6 Å². The van der Waals surface area contributed by atoms with Gasteiger partial charge in [-0.15, -0.1) is 0 Å². The van der Waals surface area contributed by atoms with Gasteiger partial charge in [0.15, 0.2) is 11.6 Å². The number of unbranched alkanes of at least 4 members (excludes halogenated alkanes) is 1. The smallest absolute Gasteiger partial charge is 0.163 e. The normalized spacial score (nSPS) is 21.0. The first-order valence-electron chi connectivity index (χ1n) is 15.1. The largest absolute Gasteiger partial charge is 1.00 e. The zero-order valence-electron chi connectivity index (χ0n) is 25.9. The Hall–Kier alpha value is -1.60. The maximum atomic E-state index is 6.15. The highest BCUT2D eigenvalue weighted by atomic mass is 127. The molecule has 0 amide bonds. The third-order valence-electron chi connectivity index (χ3n) is 7.53. The summed E-state index contributed by atoms with van der Waals surface area (Å²) in [4.78, 5) is 0. The first-order chi connectivity index (χ1) is 19.7. The molecule has 2 aliphatic heterocycles. The molecule has 0 unspecified atom stereocenters. The predicted molar refractivity (Wildman–Crippen MR) is 173 cm³/mol. The number of rotatable bonds is 10. The summed E-state index contributed by atoms with van der Waals surface area (Å²) in [5.41, 5.74) is 0. The Bertz CT molecular complexity index is 1100. The maximum Gasteiger partial charge on any atom is 0.163 e. The zero-order chi connectivity index (χ0) is 29.2. The Morgan fingerprint density at radius 3 is 1.48 bits per heavy atom. The van der Waals surface area contributed by atoms with E-state index in [2.05, 4.69) is 110 Å². The zero-order valence-corrected chi connectivity index (χ0v) is 28.9. The van der Waals surface area contributed by atoms with Crippen molar-refractivity contribution in [1.29, 1.82) is 0 Å². The number of hydrogen-bond donors (Lipinski definition) is 0. The van der Waals surface area contributed by atoms with Crippen molar-refractivity contribution in [1.82, 2.24) is 0 Å². The monoisotopic (exact) mass is 702 g/mol. The minimum absolute atomic E-state index is 0. The molecule has 2 heterocycles. The number of benzene rings is 3. The number of allylic oxidation sites excluding steroid dienone is 1. The van der Waals surface area contributed by atoms with E-state index in [4.69, 9.17) is 18.9 Å². The predicted octanol–water partition coefficient (Wildman–Crippen LogP) is 4.41. The molecule has 0 saturated carbocycles. The van der Waals surface area contributed by atoms with Crippen LogP contribution in [0, 0.1) is 0 Å². The number of ether oxygens (including phenoxy) is 4. The summed E-state index contributed by atoms with van der Waals surface area (Å²) in [6, 6.07) is 33.0. The van der Waals surface area contributed by atoms with E-state index in [1.807, 2.05) is 27.7 Å². The van der Waals surface area contributed by atoms with E-state index in [0.717, 1.165) is 32.0 Å². The van der Waals surface area contributed by atoms with E-state index in [-0.39, 0.29) is 42.0 Å². The van der Waals surface area contributed by atoms with Gasteiger partial charge in [0.25, 0.3) is 0 Å². The molecular weight excluding hydrogens is 654 g/mol. The average molecular weight is 703 g/mol. The lowest BCUT2D eigenvalue weighted by Gasteiger charge is -2.28. The van der Waals surface area contributed by atoms with E-state index >= 15 is 0 Å². The summed E-state index contributed by atoms with van der Waals surface area (Å²) in [6.45, 7) is 11.5. The van der Waals surface area contributed by atoms with Crippen molar-refractivity contribution in [3.63, 3.8) is 0 Å². The van der Waals surface area contributed by atoms with Crippen molar-refractivity contribution in [2.75, 3.05) is 19.4 Å². The molecule has 0 aliphatic carbocycles. The van der Waals surface area contributed by atoms with Crippen molar-refractivity contribution in [2.45, 2.75) is 84.1 Å². The fraction of sp³-hybridized carbons (Fsp3) is 0.444. The van der Waals surface area contributed by atoms with Gasteiger partial charge in [-0.25, -0.2) is 0 Å². The molecule has 2 saturated heterocycles. The van der Waals surface area contributed by atoms with Crippen LogP contribution in [0.2, 0.25) is 0 Å². The standard InChI is InChI=1S/C25H28O2P.C11H20O2.HI/c1-25(2)26-20-21(27-25)18-19-28(22-12-6-3-7-13-22,23-14-8-4-9-15-23)24-16-10-5-11-17-24;1-4-5-6-7-8-10-9-12-11(2,3)13-10;/h3-17,21H,18-20H2,1-2H3;6-7,10H,4-5,8-9H2,1-3H3;1H/q+1;;/p-1/b;7-6-;/t21-;10-;/m00./s1. The average Bonchev–Trinajstić information content (AvgIpc) is 3.53. The molecule has 228 valence electrons.